The first-order chi connectivity index (χ1) is 4.81. The second kappa shape index (κ2) is 6.64. The second-order valence-electron chi connectivity index (χ2n) is 1.36. The van der Waals surface area contributed by atoms with E-state index < -0.39 is 5.97 Å². The number of ether oxygens (including phenoxy) is 1. The zero-order valence-corrected chi connectivity index (χ0v) is 6.65. The molecule has 0 radical (unpaired) electrons. The van der Waals surface area contributed by atoms with Crippen LogP contribution in [0.5, 0.6) is 0 Å². The summed E-state index contributed by atoms with van der Waals surface area (Å²) in [6, 6.07) is 0. The lowest BCUT2D eigenvalue weighted by Gasteiger charge is -1.98. The van der Waals surface area contributed by atoms with E-state index in [2.05, 4.69) is 15.5 Å². The Kier molecular flexibility index (Phi) is 6.32. The first-order valence-corrected chi connectivity index (χ1v) is 3.67. The third kappa shape index (κ3) is 5.65. The molecule has 0 spiro atoms. The third-order valence-electron chi connectivity index (χ3n) is 0.696. The molecule has 0 amide bonds. The van der Waals surface area contributed by atoms with Gasteiger partial charge in [0, 0.05) is 6.08 Å². The minimum absolute atomic E-state index is 0.364. The van der Waals surface area contributed by atoms with Gasteiger partial charge in [0.15, 0.2) is 0 Å². The van der Waals surface area contributed by atoms with E-state index in [4.69, 9.17) is 0 Å². The lowest BCUT2D eigenvalue weighted by Crippen LogP contribution is -2.03. The quantitative estimate of drug-likeness (QED) is 0.261. The van der Waals surface area contributed by atoms with Crippen molar-refractivity contribution in [1.82, 2.24) is 0 Å². The van der Waals surface area contributed by atoms with Crippen LogP contribution in [-0.2, 0) is 13.7 Å². The van der Waals surface area contributed by atoms with Crippen LogP contribution in [0, 0.1) is 0 Å². The summed E-state index contributed by atoms with van der Waals surface area (Å²) in [7, 11) is 1.57. The summed E-state index contributed by atoms with van der Waals surface area (Å²) < 4.78 is 9.29. The van der Waals surface area contributed by atoms with Gasteiger partial charge < -0.3 is 8.92 Å². The largest absolute Gasteiger partial charge is 0.462 e. The zero-order valence-electron chi connectivity index (χ0n) is 5.83. The summed E-state index contributed by atoms with van der Waals surface area (Å²) in [4.78, 5) is 10.4. The number of hydrogen-bond donors (Lipinski definition) is 0. The van der Waals surface area contributed by atoms with E-state index in [1.54, 1.807) is 7.11 Å². The molecule has 0 aromatic heterocycles. The predicted octanol–water partition coefficient (Wildman–Crippen LogP) is 1.01. The van der Waals surface area contributed by atoms with Crippen LogP contribution in [0.4, 0.5) is 0 Å². The van der Waals surface area contributed by atoms with Crippen LogP contribution in [0.3, 0.4) is 0 Å². The highest BCUT2D eigenvalue weighted by atomic mass is 32.2. The summed E-state index contributed by atoms with van der Waals surface area (Å²) in [6.07, 6.45) is 1.14. The monoisotopic (exact) mass is 162 g/mol. The Morgan fingerprint density at radius 3 is 3.00 bits per heavy atom. The fourth-order valence-electron chi connectivity index (χ4n) is 0.319. The highest BCUT2D eigenvalue weighted by molar-refractivity contribution is 7.94. The fourth-order valence-corrected chi connectivity index (χ4v) is 0.637. The van der Waals surface area contributed by atoms with Crippen molar-refractivity contribution in [2.45, 2.75) is 0 Å². The van der Waals surface area contributed by atoms with Crippen LogP contribution < -0.4 is 0 Å². The topological polar surface area (TPSA) is 35.5 Å². The first kappa shape index (κ1) is 9.52. The van der Waals surface area contributed by atoms with Crippen molar-refractivity contribution < 1.29 is 13.7 Å². The molecule has 0 saturated carbocycles. The van der Waals surface area contributed by atoms with Gasteiger partial charge in [-0.15, -0.1) is 0 Å². The van der Waals surface area contributed by atoms with Crippen LogP contribution in [-0.4, -0.2) is 25.4 Å². The van der Waals surface area contributed by atoms with Crippen LogP contribution in [0.1, 0.15) is 0 Å². The third-order valence-corrected chi connectivity index (χ3v) is 1.26. The molecule has 0 rings (SSSR count). The van der Waals surface area contributed by atoms with Crippen molar-refractivity contribution in [3.8, 4) is 0 Å². The van der Waals surface area contributed by atoms with Gasteiger partial charge in [-0.3, -0.25) is 0 Å². The van der Waals surface area contributed by atoms with Crippen LogP contribution in [0.2, 0.25) is 0 Å². The first-order valence-electron chi connectivity index (χ1n) is 2.76. The average Bonchev–Trinajstić information content (AvgIpc) is 1.98. The molecule has 0 aliphatic heterocycles. The Morgan fingerprint density at radius 2 is 2.50 bits per heavy atom. The molecule has 0 bridgehead atoms. The van der Waals surface area contributed by atoms with Crippen molar-refractivity contribution in [2.24, 2.45) is 0 Å². The Morgan fingerprint density at radius 1 is 1.80 bits per heavy atom. The number of hydrogen-bond acceptors (Lipinski definition) is 4. The smallest absolute Gasteiger partial charge is 0.330 e. The van der Waals surface area contributed by atoms with Crippen LogP contribution >= 0.6 is 12.0 Å². The predicted molar refractivity (Wildman–Crippen MR) is 40.6 cm³/mol. The van der Waals surface area contributed by atoms with E-state index in [0.717, 1.165) is 6.08 Å². The van der Waals surface area contributed by atoms with Crippen LogP contribution in [0.25, 0.3) is 0 Å². The van der Waals surface area contributed by atoms with Crippen molar-refractivity contribution >= 4 is 18.0 Å². The maximum absolute atomic E-state index is 10.4. The molecule has 0 unspecified atom stereocenters. The number of carbonyl (C=O) groups is 1. The van der Waals surface area contributed by atoms with E-state index in [1.165, 1.54) is 12.0 Å². The minimum Gasteiger partial charge on any atom is -0.462 e. The standard InChI is InChI=1S/C6H10O3S/c1-3-6(7)9-4-5-10-8-2/h3H,1,4-5H2,2H3. The molecular formula is C6H10O3S. The molecule has 10 heavy (non-hydrogen) atoms. The van der Waals surface area contributed by atoms with E-state index in [-0.39, 0.29) is 0 Å². The molecule has 0 aromatic carbocycles. The Labute approximate surface area is 64.6 Å². The van der Waals surface area contributed by atoms with E-state index >= 15 is 0 Å². The SMILES string of the molecule is C=CC(=O)OCCSOC. The molecule has 0 aliphatic rings. The van der Waals surface area contributed by atoms with E-state index in [0.29, 0.717) is 12.4 Å². The molecule has 0 heterocycles. The molecule has 3 nitrogen and oxygen atoms in total. The van der Waals surface area contributed by atoms with Gasteiger partial charge in [0.05, 0.1) is 12.9 Å². The van der Waals surface area contributed by atoms with Gasteiger partial charge in [0.1, 0.15) is 6.61 Å². The average molecular weight is 162 g/mol. The molecule has 0 fully saturated rings. The van der Waals surface area contributed by atoms with Gasteiger partial charge in [-0.05, 0) is 12.0 Å². The highest BCUT2D eigenvalue weighted by Crippen LogP contribution is 1.97. The van der Waals surface area contributed by atoms with E-state index in [1.807, 2.05) is 0 Å². The summed E-state index contributed by atoms with van der Waals surface area (Å²) in [5, 5.41) is 0. The fraction of sp³-hybridized carbons (Fsp3) is 0.500. The molecule has 4 heteroatoms. The van der Waals surface area contributed by atoms with Crippen molar-refractivity contribution in [1.29, 1.82) is 0 Å². The maximum Gasteiger partial charge on any atom is 0.330 e. The van der Waals surface area contributed by atoms with Gasteiger partial charge in [-0.2, -0.15) is 0 Å². The minimum atomic E-state index is -0.392. The van der Waals surface area contributed by atoms with Gasteiger partial charge >= 0.3 is 5.97 Å². The summed E-state index contributed by atoms with van der Waals surface area (Å²) in [6.45, 7) is 3.61. The van der Waals surface area contributed by atoms with Crippen molar-refractivity contribution in [3.05, 3.63) is 12.7 Å². The molecular weight excluding hydrogens is 152 g/mol. The molecule has 0 N–H and O–H groups in total. The molecule has 0 saturated heterocycles. The molecule has 58 valence electrons. The number of carbonyl (C=O) groups excluding carboxylic acids is 1. The maximum atomic E-state index is 10.4. The lowest BCUT2D eigenvalue weighted by atomic mass is 10.6. The van der Waals surface area contributed by atoms with Gasteiger partial charge in [-0.25, -0.2) is 4.79 Å². The Bertz CT molecular complexity index is 114. The zero-order chi connectivity index (χ0) is 7.82. The lowest BCUT2D eigenvalue weighted by molar-refractivity contribution is -0.137. The van der Waals surface area contributed by atoms with Crippen LogP contribution in [0.15, 0.2) is 12.7 Å². The molecule has 0 aliphatic carbocycles. The van der Waals surface area contributed by atoms with Crippen molar-refractivity contribution in [3.63, 3.8) is 0 Å². The summed E-state index contributed by atoms with van der Waals surface area (Å²) in [5.41, 5.74) is 0. The molecule has 0 atom stereocenters. The molecule has 0 aromatic rings. The van der Waals surface area contributed by atoms with E-state index in [9.17, 15) is 4.79 Å². The Hall–Kier alpha value is -0.480. The number of rotatable bonds is 5. The Balaban J connectivity index is 3.03. The second-order valence-corrected chi connectivity index (χ2v) is 2.34. The van der Waals surface area contributed by atoms with Gasteiger partial charge in [-0.1, -0.05) is 6.58 Å². The highest BCUT2D eigenvalue weighted by Gasteiger charge is 1.93. The van der Waals surface area contributed by atoms with Crippen molar-refractivity contribution in [2.75, 3.05) is 19.5 Å². The summed E-state index contributed by atoms with van der Waals surface area (Å²) in [5.74, 6) is 0.257. The number of esters is 1. The van der Waals surface area contributed by atoms with Gasteiger partial charge in [0.2, 0.25) is 0 Å². The van der Waals surface area contributed by atoms with Gasteiger partial charge in [0.25, 0.3) is 0 Å². The normalized spacial score (nSPS) is 8.90. The summed E-state index contributed by atoms with van der Waals surface area (Å²) >= 11 is 1.25.